The van der Waals surface area contributed by atoms with E-state index in [1.54, 1.807) is 17.8 Å². The summed E-state index contributed by atoms with van der Waals surface area (Å²) in [5.41, 5.74) is 7.96. The van der Waals surface area contributed by atoms with Gasteiger partial charge in [-0.25, -0.2) is 4.98 Å². The average molecular weight is 253 g/mol. The minimum atomic E-state index is -0.0421. The van der Waals surface area contributed by atoms with Crippen LogP contribution in [0.1, 0.15) is 16.8 Å². The van der Waals surface area contributed by atoms with Crippen molar-refractivity contribution in [1.82, 2.24) is 9.55 Å². The van der Waals surface area contributed by atoms with Crippen molar-refractivity contribution in [2.75, 3.05) is 6.54 Å². The van der Waals surface area contributed by atoms with Gasteiger partial charge in [0.05, 0.1) is 19.4 Å². The molecular formula is C15H15N3O. The summed E-state index contributed by atoms with van der Waals surface area (Å²) in [6.45, 7) is 2.67. The standard InChI is InChI=1S/C15H15N3O/c1-12-9-15(19)18(11-17-12)10-14-6-4-13(5-7-14)3-2-8-16/h4-7,9,11H,8,10,16H2,1H3. The van der Waals surface area contributed by atoms with Crippen LogP contribution in [0.4, 0.5) is 0 Å². The third-order valence-electron chi connectivity index (χ3n) is 2.66. The monoisotopic (exact) mass is 253 g/mol. The Hall–Kier alpha value is -2.38. The number of aryl methyl sites for hydroxylation is 1. The van der Waals surface area contributed by atoms with Crippen molar-refractivity contribution in [3.63, 3.8) is 0 Å². The Bertz CT molecular complexity index is 675. The minimum absolute atomic E-state index is 0.0421. The Morgan fingerprint density at radius 2 is 2.05 bits per heavy atom. The maximum atomic E-state index is 11.7. The third-order valence-corrected chi connectivity index (χ3v) is 2.66. The zero-order chi connectivity index (χ0) is 13.7. The highest BCUT2D eigenvalue weighted by Gasteiger charge is 1.99. The second-order valence-electron chi connectivity index (χ2n) is 4.20. The van der Waals surface area contributed by atoms with Crippen molar-refractivity contribution in [2.24, 2.45) is 5.73 Å². The summed E-state index contributed by atoms with van der Waals surface area (Å²) < 4.78 is 1.58. The van der Waals surface area contributed by atoms with E-state index in [0.717, 1.165) is 16.8 Å². The molecule has 1 aromatic heterocycles. The normalized spacial score (nSPS) is 9.79. The van der Waals surface area contributed by atoms with Crippen molar-refractivity contribution in [2.45, 2.75) is 13.5 Å². The maximum Gasteiger partial charge on any atom is 0.253 e. The molecule has 0 aliphatic heterocycles. The summed E-state index contributed by atoms with van der Waals surface area (Å²) in [5, 5.41) is 0. The fourth-order valence-corrected chi connectivity index (χ4v) is 1.68. The summed E-state index contributed by atoms with van der Waals surface area (Å²) in [6.07, 6.45) is 1.57. The molecule has 19 heavy (non-hydrogen) atoms. The average Bonchev–Trinajstić information content (AvgIpc) is 2.41. The van der Waals surface area contributed by atoms with E-state index < -0.39 is 0 Å². The summed E-state index contributed by atoms with van der Waals surface area (Å²) >= 11 is 0. The van der Waals surface area contributed by atoms with Gasteiger partial charge in [0.2, 0.25) is 0 Å². The van der Waals surface area contributed by atoms with E-state index >= 15 is 0 Å². The Kier molecular flexibility index (Phi) is 4.11. The molecule has 0 saturated carbocycles. The zero-order valence-corrected chi connectivity index (χ0v) is 10.8. The predicted octanol–water partition coefficient (Wildman–Crippen LogP) is 0.910. The Labute approximate surface area is 111 Å². The van der Waals surface area contributed by atoms with Gasteiger partial charge in [0.15, 0.2) is 0 Å². The van der Waals surface area contributed by atoms with Gasteiger partial charge < -0.3 is 5.73 Å². The van der Waals surface area contributed by atoms with E-state index in [1.807, 2.05) is 24.3 Å². The predicted molar refractivity (Wildman–Crippen MR) is 74.7 cm³/mol. The Morgan fingerprint density at radius 1 is 1.32 bits per heavy atom. The molecule has 1 heterocycles. The van der Waals surface area contributed by atoms with Gasteiger partial charge in [0, 0.05) is 17.3 Å². The summed E-state index contributed by atoms with van der Waals surface area (Å²) in [4.78, 5) is 15.9. The first-order chi connectivity index (χ1) is 9.19. The van der Waals surface area contributed by atoms with Crippen LogP contribution in [-0.4, -0.2) is 16.1 Å². The van der Waals surface area contributed by atoms with Crippen molar-refractivity contribution in [1.29, 1.82) is 0 Å². The molecule has 0 amide bonds. The van der Waals surface area contributed by atoms with Crippen LogP contribution in [0.15, 0.2) is 41.5 Å². The zero-order valence-electron chi connectivity index (χ0n) is 10.8. The molecular weight excluding hydrogens is 238 g/mol. The Morgan fingerprint density at radius 3 is 2.68 bits per heavy atom. The van der Waals surface area contributed by atoms with Crippen molar-refractivity contribution >= 4 is 0 Å². The SMILES string of the molecule is Cc1cc(=O)n(Cc2ccc(C#CCN)cc2)cn1. The van der Waals surface area contributed by atoms with Crippen LogP contribution in [0.2, 0.25) is 0 Å². The fourth-order valence-electron chi connectivity index (χ4n) is 1.68. The van der Waals surface area contributed by atoms with E-state index in [4.69, 9.17) is 5.73 Å². The molecule has 0 saturated heterocycles. The van der Waals surface area contributed by atoms with Crippen molar-refractivity contribution in [3.8, 4) is 11.8 Å². The van der Waals surface area contributed by atoms with Crippen LogP contribution in [-0.2, 0) is 6.54 Å². The van der Waals surface area contributed by atoms with Crippen LogP contribution < -0.4 is 11.3 Å². The van der Waals surface area contributed by atoms with E-state index in [2.05, 4.69) is 16.8 Å². The number of nitrogens with zero attached hydrogens (tertiary/aromatic N) is 2. The first-order valence-electron chi connectivity index (χ1n) is 6.00. The van der Waals surface area contributed by atoms with Gasteiger partial charge >= 0.3 is 0 Å². The molecule has 2 rings (SSSR count). The molecule has 96 valence electrons. The minimum Gasteiger partial charge on any atom is -0.320 e. The van der Waals surface area contributed by atoms with Gasteiger partial charge in [-0.1, -0.05) is 24.0 Å². The van der Waals surface area contributed by atoms with Gasteiger partial charge in [-0.05, 0) is 24.6 Å². The van der Waals surface area contributed by atoms with Crippen LogP contribution in [0.25, 0.3) is 0 Å². The van der Waals surface area contributed by atoms with Gasteiger partial charge in [0.25, 0.3) is 5.56 Å². The van der Waals surface area contributed by atoms with Crippen molar-refractivity contribution < 1.29 is 0 Å². The molecule has 2 aromatic rings. The summed E-state index contributed by atoms with van der Waals surface area (Å²) in [6, 6.07) is 9.27. The largest absolute Gasteiger partial charge is 0.320 e. The number of hydrogen-bond donors (Lipinski definition) is 1. The number of rotatable bonds is 2. The van der Waals surface area contributed by atoms with E-state index in [1.165, 1.54) is 6.07 Å². The second-order valence-corrected chi connectivity index (χ2v) is 4.20. The van der Waals surface area contributed by atoms with Gasteiger partial charge in [0.1, 0.15) is 0 Å². The molecule has 0 unspecified atom stereocenters. The molecule has 0 bridgehead atoms. The molecule has 0 aliphatic carbocycles. The topological polar surface area (TPSA) is 60.9 Å². The van der Waals surface area contributed by atoms with E-state index in [0.29, 0.717) is 13.1 Å². The summed E-state index contributed by atoms with van der Waals surface area (Å²) in [5.74, 6) is 5.76. The molecule has 1 aromatic carbocycles. The van der Waals surface area contributed by atoms with E-state index in [-0.39, 0.29) is 5.56 Å². The molecule has 4 heteroatoms. The van der Waals surface area contributed by atoms with Crippen LogP contribution >= 0.6 is 0 Å². The number of aromatic nitrogens is 2. The molecule has 0 radical (unpaired) electrons. The maximum absolute atomic E-state index is 11.7. The molecule has 0 spiro atoms. The summed E-state index contributed by atoms with van der Waals surface area (Å²) in [7, 11) is 0. The highest BCUT2D eigenvalue weighted by Crippen LogP contribution is 2.04. The van der Waals surface area contributed by atoms with Gasteiger partial charge in [-0.2, -0.15) is 0 Å². The van der Waals surface area contributed by atoms with Crippen LogP contribution in [0.5, 0.6) is 0 Å². The van der Waals surface area contributed by atoms with Crippen LogP contribution in [0, 0.1) is 18.8 Å². The van der Waals surface area contributed by atoms with Crippen molar-refractivity contribution in [3.05, 3.63) is 63.8 Å². The highest BCUT2D eigenvalue weighted by molar-refractivity contribution is 5.36. The fraction of sp³-hybridized carbons (Fsp3) is 0.200. The van der Waals surface area contributed by atoms with E-state index in [9.17, 15) is 4.79 Å². The molecule has 0 aliphatic rings. The van der Waals surface area contributed by atoms with Crippen LogP contribution in [0.3, 0.4) is 0 Å². The first kappa shape index (κ1) is 13.1. The molecule has 0 fully saturated rings. The molecule has 2 N–H and O–H groups in total. The number of benzene rings is 1. The highest BCUT2D eigenvalue weighted by atomic mass is 16.1. The third kappa shape index (κ3) is 3.54. The second kappa shape index (κ2) is 5.98. The van der Waals surface area contributed by atoms with Gasteiger partial charge in [-0.15, -0.1) is 0 Å². The van der Waals surface area contributed by atoms with Gasteiger partial charge in [-0.3, -0.25) is 9.36 Å². The number of hydrogen-bond acceptors (Lipinski definition) is 3. The lowest BCUT2D eigenvalue weighted by atomic mass is 10.1. The lowest BCUT2D eigenvalue weighted by Crippen LogP contribution is -2.20. The first-order valence-corrected chi connectivity index (χ1v) is 6.00. The smallest absolute Gasteiger partial charge is 0.253 e. The molecule has 0 atom stereocenters. The quantitative estimate of drug-likeness (QED) is 0.809. The lowest BCUT2D eigenvalue weighted by Gasteiger charge is -2.05. The Balaban J connectivity index is 2.17. The number of nitrogens with two attached hydrogens (primary N) is 1. The molecule has 4 nitrogen and oxygen atoms in total. The lowest BCUT2D eigenvalue weighted by molar-refractivity contribution is 0.730.